The lowest BCUT2D eigenvalue weighted by molar-refractivity contribution is 0.648. The molecule has 0 fully saturated rings. The molecule has 0 heterocycles. The van der Waals surface area contributed by atoms with E-state index in [1.807, 2.05) is 44.2 Å². The van der Waals surface area contributed by atoms with Gasteiger partial charge in [-0.2, -0.15) is 0 Å². The van der Waals surface area contributed by atoms with Crippen molar-refractivity contribution in [3.8, 4) is 0 Å². The van der Waals surface area contributed by atoms with Gasteiger partial charge in [-0.15, -0.1) is 0 Å². The molecule has 0 aromatic heterocycles. The maximum atomic E-state index is 12.2. The number of hydrogen-bond acceptors (Lipinski definition) is 0. The average Bonchev–Trinajstić information content (AvgIpc) is 2.08. The molecule has 66 valence electrons. The van der Waals surface area contributed by atoms with Crippen molar-refractivity contribution in [2.45, 2.75) is 20.8 Å². The normalized spacial score (nSPS) is 10.2. The van der Waals surface area contributed by atoms with E-state index in [9.17, 15) is 4.39 Å². The Hall–Kier alpha value is -1.11. The smallest absolute Gasteiger partial charge is 0.0974 e. The van der Waals surface area contributed by atoms with Crippen molar-refractivity contribution >= 4 is 6.08 Å². The molecule has 0 unspecified atom stereocenters. The molecular weight excluding hydrogens is 151 g/mol. The summed E-state index contributed by atoms with van der Waals surface area (Å²) < 4.78 is 12.2. The molecule has 12 heavy (non-hydrogen) atoms. The Morgan fingerprint density at radius 1 is 1.17 bits per heavy atom. The number of benzene rings is 1. The second-order valence-corrected chi connectivity index (χ2v) is 2.14. The highest BCUT2D eigenvalue weighted by Crippen LogP contribution is 2.05. The van der Waals surface area contributed by atoms with Gasteiger partial charge in [0.1, 0.15) is 0 Å². The predicted molar refractivity (Wildman–Crippen MR) is 52.5 cm³/mol. The van der Waals surface area contributed by atoms with Crippen molar-refractivity contribution in [3.63, 3.8) is 0 Å². The molecular formula is C11H15F. The summed E-state index contributed by atoms with van der Waals surface area (Å²) >= 11 is 0. The van der Waals surface area contributed by atoms with Gasteiger partial charge in [0.25, 0.3) is 0 Å². The Labute approximate surface area is 73.7 Å². The summed E-state index contributed by atoms with van der Waals surface area (Å²) in [6, 6.07) is 9.40. The van der Waals surface area contributed by atoms with Crippen LogP contribution in [0.5, 0.6) is 0 Å². The molecule has 1 rings (SSSR count). The molecule has 0 bridgehead atoms. The Kier molecular flexibility index (Phi) is 5.98. The summed E-state index contributed by atoms with van der Waals surface area (Å²) in [5.74, 6) is -0.161. The van der Waals surface area contributed by atoms with Crippen molar-refractivity contribution < 1.29 is 4.39 Å². The fourth-order valence-corrected chi connectivity index (χ4v) is 0.779. The van der Waals surface area contributed by atoms with Gasteiger partial charge in [-0.3, -0.25) is 0 Å². The van der Waals surface area contributed by atoms with Gasteiger partial charge in [-0.25, -0.2) is 4.39 Å². The first-order valence-electron chi connectivity index (χ1n) is 4.18. The Balaban J connectivity index is 0.000000561. The lowest BCUT2D eigenvalue weighted by Crippen LogP contribution is -1.68. The van der Waals surface area contributed by atoms with Crippen LogP contribution in [-0.2, 0) is 0 Å². The van der Waals surface area contributed by atoms with Gasteiger partial charge >= 0.3 is 0 Å². The highest BCUT2D eigenvalue weighted by atomic mass is 19.1. The van der Waals surface area contributed by atoms with E-state index in [2.05, 4.69) is 0 Å². The third-order valence-corrected chi connectivity index (χ3v) is 1.17. The van der Waals surface area contributed by atoms with E-state index >= 15 is 0 Å². The Bertz CT molecular complexity index is 220. The van der Waals surface area contributed by atoms with Crippen LogP contribution >= 0.6 is 0 Å². The summed E-state index contributed by atoms with van der Waals surface area (Å²) in [7, 11) is 0. The summed E-state index contributed by atoms with van der Waals surface area (Å²) in [6.45, 7) is 5.44. The van der Waals surface area contributed by atoms with Crippen LogP contribution in [0, 0.1) is 0 Å². The second-order valence-electron chi connectivity index (χ2n) is 2.14. The molecule has 0 aliphatic heterocycles. The minimum Gasteiger partial charge on any atom is -0.212 e. The van der Waals surface area contributed by atoms with Crippen LogP contribution in [0.2, 0.25) is 0 Å². The van der Waals surface area contributed by atoms with Crippen LogP contribution in [0.4, 0.5) is 4.39 Å². The third kappa shape index (κ3) is 4.67. The third-order valence-electron chi connectivity index (χ3n) is 1.17. The predicted octanol–water partition coefficient (Wildman–Crippen LogP) is 4.04. The number of hydrogen-bond donors (Lipinski definition) is 0. The Morgan fingerprint density at radius 3 is 2.08 bits per heavy atom. The maximum Gasteiger partial charge on any atom is 0.0974 e. The van der Waals surface area contributed by atoms with Gasteiger partial charge < -0.3 is 0 Å². The highest BCUT2D eigenvalue weighted by Gasteiger charge is 1.84. The van der Waals surface area contributed by atoms with E-state index in [0.717, 1.165) is 5.56 Å². The topological polar surface area (TPSA) is 0 Å². The van der Waals surface area contributed by atoms with Gasteiger partial charge in [0.2, 0.25) is 0 Å². The van der Waals surface area contributed by atoms with Gasteiger partial charge in [0.05, 0.1) is 5.83 Å². The zero-order valence-electron chi connectivity index (χ0n) is 7.84. The zero-order chi connectivity index (χ0) is 9.40. The molecule has 1 heteroatoms. The van der Waals surface area contributed by atoms with Gasteiger partial charge in [0.15, 0.2) is 0 Å². The molecule has 0 aliphatic rings. The van der Waals surface area contributed by atoms with Gasteiger partial charge in [-0.05, 0) is 18.6 Å². The summed E-state index contributed by atoms with van der Waals surface area (Å²) in [5.41, 5.74) is 0.905. The molecule has 0 aliphatic carbocycles. The zero-order valence-corrected chi connectivity index (χ0v) is 7.84. The molecule has 0 radical (unpaired) electrons. The number of rotatable bonds is 1. The fraction of sp³-hybridized carbons (Fsp3) is 0.273. The van der Waals surface area contributed by atoms with Crippen LogP contribution in [0.15, 0.2) is 36.2 Å². The largest absolute Gasteiger partial charge is 0.212 e. The molecule has 1 aromatic rings. The van der Waals surface area contributed by atoms with Crippen LogP contribution in [0.3, 0.4) is 0 Å². The fourth-order valence-electron chi connectivity index (χ4n) is 0.779. The summed E-state index contributed by atoms with van der Waals surface area (Å²) in [5, 5.41) is 0. The van der Waals surface area contributed by atoms with Crippen LogP contribution < -0.4 is 0 Å². The first kappa shape index (κ1) is 10.9. The first-order valence-corrected chi connectivity index (χ1v) is 4.18. The average molecular weight is 166 g/mol. The lowest BCUT2D eigenvalue weighted by Gasteiger charge is -1.89. The van der Waals surface area contributed by atoms with Crippen molar-refractivity contribution in [1.82, 2.24) is 0 Å². The SMILES string of the molecule is C/C(F)=C/c1ccccc1.CC. The van der Waals surface area contributed by atoms with E-state index in [1.54, 1.807) is 0 Å². The van der Waals surface area contributed by atoms with Gasteiger partial charge in [0, 0.05) is 0 Å². The maximum absolute atomic E-state index is 12.2. The van der Waals surface area contributed by atoms with Gasteiger partial charge in [-0.1, -0.05) is 44.2 Å². The van der Waals surface area contributed by atoms with E-state index < -0.39 is 0 Å². The standard InChI is InChI=1S/C9H9F.C2H6/c1-8(10)7-9-5-3-2-4-6-9;1-2/h2-7H,1H3;1-2H3/b8-7-;. The number of halogens is 1. The summed E-state index contributed by atoms with van der Waals surface area (Å²) in [6.07, 6.45) is 1.50. The Morgan fingerprint density at radius 2 is 1.67 bits per heavy atom. The van der Waals surface area contributed by atoms with Crippen molar-refractivity contribution in [1.29, 1.82) is 0 Å². The van der Waals surface area contributed by atoms with E-state index in [-0.39, 0.29) is 5.83 Å². The minimum absolute atomic E-state index is 0.161. The van der Waals surface area contributed by atoms with Crippen molar-refractivity contribution in [2.24, 2.45) is 0 Å². The molecule has 0 spiro atoms. The van der Waals surface area contributed by atoms with Crippen LogP contribution in [0.25, 0.3) is 6.08 Å². The van der Waals surface area contributed by atoms with Crippen LogP contribution in [-0.4, -0.2) is 0 Å². The monoisotopic (exact) mass is 166 g/mol. The molecule has 0 nitrogen and oxygen atoms in total. The van der Waals surface area contributed by atoms with E-state index in [0.29, 0.717) is 0 Å². The van der Waals surface area contributed by atoms with E-state index in [4.69, 9.17) is 0 Å². The highest BCUT2D eigenvalue weighted by molar-refractivity contribution is 5.50. The van der Waals surface area contributed by atoms with E-state index in [1.165, 1.54) is 13.0 Å². The minimum atomic E-state index is -0.161. The second kappa shape index (κ2) is 6.59. The molecule has 1 aromatic carbocycles. The molecule has 0 N–H and O–H groups in total. The quantitative estimate of drug-likeness (QED) is 0.590. The first-order chi connectivity index (χ1) is 5.79. The van der Waals surface area contributed by atoms with Crippen molar-refractivity contribution in [3.05, 3.63) is 41.7 Å². The van der Waals surface area contributed by atoms with Crippen LogP contribution in [0.1, 0.15) is 26.3 Å². The number of allylic oxidation sites excluding steroid dienone is 1. The molecule has 0 atom stereocenters. The lowest BCUT2D eigenvalue weighted by atomic mass is 10.2. The molecule has 0 saturated carbocycles. The summed E-state index contributed by atoms with van der Waals surface area (Å²) in [4.78, 5) is 0. The molecule has 0 amide bonds. The van der Waals surface area contributed by atoms with Crippen molar-refractivity contribution in [2.75, 3.05) is 0 Å². The molecule has 0 saturated heterocycles.